The van der Waals surface area contributed by atoms with Crippen LogP contribution in [0.1, 0.15) is 37.9 Å². The summed E-state index contributed by atoms with van der Waals surface area (Å²) in [6.45, 7) is 5.43. The van der Waals surface area contributed by atoms with Crippen LogP contribution in [-0.2, 0) is 16.1 Å². The molecule has 2 aliphatic rings. The predicted octanol–water partition coefficient (Wildman–Crippen LogP) is 1.99. The topological polar surface area (TPSA) is 58.4 Å². The molecule has 2 amide bonds. The smallest absolute Gasteiger partial charge is 0.242 e. The molecule has 1 atom stereocenters. The van der Waals surface area contributed by atoms with E-state index in [9.17, 15) is 9.59 Å². The molecule has 0 bridgehead atoms. The summed E-state index contributed by atoms with van der Waals surface area (Å²) in [6.07, 6.45) is 2.66. The summed E-state index contributed by atoms with van der Waals surface area (Å²) in [7, 11) is 0. The van der Waals surface area contributed by atoms with E-state index in [-0.39, 0.29) is 17.7 Å². The van der Waals surface area contributed by atoms with Crippen LogP contribution in [0.5, 0.6) is 0 Å². The van der Waals surface area contributed by atoms with Gasteiger partial charge in [-0.05, 0) is 31.9 Å². The first-order valence-corrected chi connectivity index (χ1v) is 9.18. The second-order valence-electron chi connectivity index (χ2n) is 6.97. The third-order valence-corrected chi connectivity index (χ3v) is 5.40. The Kier molecular flexibility index (Phi) is 4.19. The molecule has 1 aromatic carbocycles. The number of likely N-dealkylation sites (N-methyl/N-ethyl adjacent to an activating group) is 1. The van der Waals surface area contributed by atoms with Crippen LogP contribution in [0.25, 0.3) is 11.0 Å². The van der Waals surface area contributed by atoms with Crippen molar-refractivity contribution in [3.63, 3.8) is 0 Å². The fourth-order valence-corrected chi connectivity index (χ4v) is 4.02. The second kappa shape index (κ2) is 6.50. The maximum absolute atomic E-state index is 12.7. The van der Waals surface area contributed by atoms with Crippen LogP contribution in [0, 0.1) is 0 Å². The molecule has 4 rings (SSSR count). The molecule has 25 heavy (non-hydrogen) atoms. The highest BCUT2D eigenvalue weighted by atomic mass is 16.2. The van der Waals surface area contributed by atoms with Crippen LogP contribution in [0.2, 0.25) is 0 Å². The first kappa shape index (κ1) is 16.1. The summed E-state index contributed by atoms with van der Waals surface area (Å²) in [5, 5.41) is 0. The number of fused-ring (bicyclic) bond motifs is 1. The third-order valence-electron chi connectivity index (χ3n) is 5.40. The summed E-state index contributed by atoms with van der Waals surface area (Å²) >= 11 is 0. The largest absolute Gasteiger partial charge is 0.342 e. The number of amides is 2. The summed E-state index contributed by atoms with van der Waals surface area (Å²) in [4.78, 5) is 33.5. The minimum Gasteiger partial charge on any atom is -0.342 e. The molecule has 2 aromatic rings. The zero-order chi connectivity index (χ0) is 17.4. The number of carbonyl (C=O) groups excluding carboxylic acids is 2. The lowest BCUT2D eigenvalue weighted by atomic mass is 10.1. The average Bonchev–Trinajstić information content (AvgIpc) is 3.33. The van der Waals surface area contributed by atoms with E-state index in [2.05, 4.69) is 0 Å². The van der Waals surface area contributed by atoms with Gasteiger partial charge in [-0.2, -0.15) is 0 Å². The van der Waals surface area contributed by atoms with Crippen LogP contribution >= 0.6 is 0 Å². The quantitative estimate of drug-likeness (QED) is 0.855. The Bertz CT molecular complexity index is 807. The highest BCUT2D eigenvalue weighted by Gasteiger charge is 2.33. The molecule has 2 aliphatic heterocycles. The highest BCUT2D eigenvalue weighted by Crippen LogP contribution is 2.30. The van der Waals surface area contributed by atoms with Crippen LogP contribution < -0.4 is 0 Å². The summed E-state index contributed by atoms with van der Waals surface area (Å²) < 4.78 is 2.03. The van der Waals surface area contributed by atoms with E-state index in [0.29, 0.717) is 19.5 Å². The average molecular weight is 340 g/mol. The molecule has 0 radical (unpaired) electrons. The van der Waals surface area contributed by atoms with E-state index in [1.165, 1.54) is 0 Å². The molecule has 1 unspecified atom stereocenters. The van der Waals surface area contributed by atoms with Crippen LogP contribution in [0.15, 0.2) is 24.3 Å². The van der Waals surface area contributed by atoms with Gasteiger partial charge in [0.1, 0.15) is 12.4 Å². The van der Waals surface area contributed by atoms with Gasteiger partial charge >= 0.3 is 0 Å². The lowest BCUT2D eigenvalue weighted by Crippen LogP contribution is -2.32. The Balaban J connectivity index is 1.68. The molecular formula is C19H24N4O2. The van der Waals surface area contributed by atoms with E-state index in [4.69, 9.17) is 4.98 Å². The minimum absolute atomic E-state index is 0.0613. The van der Waals surface area contributed by atoms with Gasteiger partial charge in [0, 0.05) is 38.5 Å². The number of aromatic nitrogens is 2. The van der Waals surface area contributed by atoms with Crippen molar-refractivity contribution >= 4 is 22.8 Å². The standard InChI is InChI=1S/C19H24N4O2/c1-2-21-12-14(11-17(21)24)19-20-15-7-3-4-8-16(15)23(19)13-18(25)22-9-5-6-10-22/h3-4,7-8,14H,2,5-6,9-13H2,1H3. The van der Waals surface area contributed by atoms with Gasteiger partial charge in [-0.1, -0.05) is 12.1 Å². The van der Waals surface area contributed by atoms with Crippen LogP contribution in [-0.4, -0.2) is 57.3 Å². The Morgan fingerprint density at radius 1 is 1.24 bits per heavy atom. The fourth-order valence-electron chi connectivity index (χ4n) is 4.02. The van der Waals surface area contributed by atoms with Gasteiger partial charge in [-0.15, -0.1) is 0 Å². The summed E-state index contributed by atoms with van der Waals surface area (Å²) in [5.74, 6) is 1.26. The highest BCUT2D eigenvalue weighted by molar-refractivity contribution is 5.83. The fraction of sp³-hybridized carbons (Fsp3) is 0.526. The number of rotatable bonds is 4. The van der Waals surface area contributed by atoms with Gasteiger partial charge in [-0.3, -0.25) is 9.59 Å². The van der Waals surface area contributed by atoms with Gasteiger partial charge in [0.05, 0.1) is 11.0 Å². The van der Waals surface area contributed by atoms with Crippen molar-refractivity contribution in [2.45, 2.75) is 38.6 Å². The zero-order valence-electron chi connectivity index (χ0n) is 14.6. The van der Waals surface area contributed by atoms with Crippen molar-refractivity contribution in [3.8, 4) is 0 Å². The van der Waals surface area contributed by atoms with E-state index in [1.54, 1.807) is 0 Å². The van der Waals surface area contributed by atoms with E-state index in [1.807, 2.05) is 45.6 Å². The normalized spacial score (nSPS) is 20.8. The van der Waals surface area contributed by atoms with Crippen LogP contribution in [0.4, 0.5) is 0 Å². The predicted molar refractivity (Wildman–Crippen MR) is 95.2 cm³/mol. The number of para-hydroxylation sites is 2. The SMILES string of the molecule is CCN1CC(c2nc3ccccc3n2CC(=O)N2CCCC2)CC1=O. The molecule has 0 spiro atoms. The molecule has 0 aliphatic carbocycles. The van der Waals surface area contributed by atoms with Crippen LogP contribution in [0.3, 0.4) is 0 Å². The molecule has 2 saturated heterocycles. The molecule has 3 heterocycles. The first-order valence-electron chi connectivity index (χ1n) is 9.18. The molecule has 6 nitrogen and oxygen atoms in total. The van der Waals surface area contributed by atoms with Gasteiger partial charge in [-0.25, -0.2) is 4.98 Å². The number of nitrogens with zero attached hydrogens (tertiary/aromatic N) is 4. The number of carbonyl (C=O) groups is 2. The van der Waals surface area contributed by atoms with Crippen molar-refractivity contribution in [1.82, 2.24) is 19.4 Å². The van der Waals surface area contributed by atoms with E-state index in [0.717, 1.165) is 49.3 Å². The maximum atomic E-state index is 12.7. The molecule has 6 heteroatoms. The Labute approximate surface area is 147 Å². The Hall–Kier alpha value is -2.37. The second-order valence-corrected chi connectivity index (χ2v) is 6.97. The van der Waals surface area contributed by atoms with Crippen molar-refractivity contribution < 1.29 is 9.59 Å². The Morgan fingerprint density at radius 3 is 2.72 bits per heavy atom. The summed E-state index contributed by atoms with van der Waals surface area (Å²) in [5.41, 5.74) is 1.88. The van der Waals surface area contributed by atoms with E-state index >= 15 is 0 Å². The molecule has 132 valence electrons. The molecular weight excluding hydrogens is 316 g/mol. The van der Waals surface area contributed by atoms with Crippen molar-refractivity contribution in [2.75, 3.05) is 26.2 Å². The Morgan fingerprint density at radius 2 is 2.00 bits per heavy atom. The number of likely N-dealkylation sites (tertiary alicyclic amines) is 2. The molecule has 0 N–H and O–H groups in total. The number of imidazole rings is 1. The zero-order valence-corrected chi connectivity index (χ0v) is 14.6. The molecule has 1 aromatic heterocycles. The van der Waals surface area contributed by atoms with Gasteiger partial charge in [0.2, 0.25) is 11.8 Å². The minimum atomic E-state index is 0.0613. The number of benzene rings is 1. The summed E-state index contributed by atoms with van der Waals surface area (Å²) in [6, 6.07) is 7.92. The molecule has 0 saturated carbocycles. The van der Waals surface area contributed by atoms with Crippen molar-refractivity contribution in [1.29, 1.82) is 0 Å². The van der Waals surface area contributed by atoms with E-state index < -0.39 is 0 Å². The third kappa shape index (κ3) is 2.90. The monoisotopic (exact) mass is 340 g/mol. The van der Waals surface area contributed by atoms with Crippen molar-refractivity contribution in [2.24, 2.45) is 0 Å². The number of hydrogen-bond donors (Lipinski definition) is 0. The molecule has 2 fully saturated rings. The lowest BCUT2D eigenvalue weighted by molar-refractivity contribution is -0.130. The van der Waals surface area contributed by atoms with Gasteiger partial charge in [0.25, 0.3) is 0 Å². The van der Waals surface area contributed by atoms with Gasteiger partial charge in [0.15, 0.2) is 0 Å². The first-order chi connectivity index (χ1) is 12.2. The lowest BCUT2D eigenvalue weighted by Gasteiger charge is -2.19. The van der Waals surface area contributed by atoms with Gasteiger partial charge < -0.3 is 14.4 Å². The maximum Gasteiger partial charge on any atom is 0.242 e. The number of hydrogen-bond acceptors (Lipinski definition) is 3. The van der Waals surface area contributed by atoms with Crippen molar-refractivity contribution in [3.05, 3.63) is 30.1 Å².